The number of nitrogens with one attached hydrogen (secondary N) is 1. The number of rotatable bonds is 3. The summed E-state index contributed by atoms with van der Waals surface area (Å²) >= 11 is 6.18. The van der Waals surface area contributed by atoms with Gasteiger partial charge in [0.05, 0.1) is 11.1 Å². The Morgan fingerprint density at radius 2 is 1.90 bits per heavy atom. The molecule has 1 N–H and O–H groups in total. The van der Waals surface area contributed by atoms with Crippen LogP contribution in [0.25, 0.3) is 0 Å². The minimum Gasteiger partial charge on any atom is -0.352 e. The summed E-state index contributed by atoms with van der Waals surface area (Å²) in [5, 5.41) is 2.57. The zero-order valence-corrected chi connectivity index (χ0v) is 12.2. The molecule has 0 bridgehead atoms. The van der Waals surface area contributed by atoms with Gasteiger partial charge >= 0.3 is 6.18 Å². The highest BCUT2D eigenvalue weighted by Crippen LogP contribution is 2.32. The Morgan fingerprint density at radius 1 is 1.24 bits per heavy atom. The zero-order chi connectivity index (χ0) is 15.5. The summed E-state index contributed by atoms with van der Waals surface area (Å²) in [5.74, 6) is -0.570. The van der Waals surface area contributed by atoms with Gasteiger partial charge in [0.25, 0.3) is 5.91 Å². The summed E-state index contributed by atoms with van der Waals surface area (Å²) in [5.41, 5.74) is -1.25. The van der Waals surface area contributed by atoms with E-state index >= 15 is 0 Å². The third-order valence-corrected chi connectivity index (χ3v) is 4.39. The van der Waals surface area contributed by atoms with Crippen LogP contribution in [0, 0.1) is 5.92 Å². The van der Waals surface area contributed by atoms with Crippen LogP contribution in [0.2, 0.25) is 0 Å². The lowest BCUT2D eigenvalue weighted by Crippen LogP contribution is -2.35. The average molecular weight is 320 g/mol. The van der Waals surface area contributed by atoms with E-state index in [0.29, 0.717) is 6.54 Å². The maximum Gasteiger partial charge on any atom is 0.417 e. The number of hydrogen-bond donors (Lipinski definition) is 1. The van der Waals surface area contributed by atoms with Crippen LogP contribution in [-0.2, 0) is 6.18 Å². The number of carbonyl (C=O) groups is 1. The third kappa shape index (κ3) is 4.13. The van der Waals surface area contributed by atoms with E-state index in [1.165, 1.54) is 18.2 Å². The minimum absolute atomic E-state index is 0.0168. The fraction of sp³-hybridized carbons (Fsp3) is 0.533. The number of alkyl halides is 4. The third-order valence-electron chi connectivity index (χ3n) is 3.82. The lowest BCUT2D eigenvalue weighted by Gasteiger charge is -2.27. The fourth-order valence-electron chi connectivity index (χ4n) is 2.64. The van der Waals surface area contributed by atoms with Crippen LogP contribution < -0.4 is 5.32 Å². The Morgan fingerprint density at radius 3 is 2.57 bits per heavy atom. The molecule has 1 aliphatic carbocycles. The van der Waals surface area contributed by atoms with Gasteiger partial charge in [0, 0.05) is 11.9 Å². The summed E-state index contributed by atoms with van der Waals surface area (Å²) in [6, 6.07) is 4.81. The molecule has 1 fully saturated rings. The predicted octanol–water partition coefficient (Wildman–Crippen LogP) is 4.23. The number of carbonyl (C=O) groups excluding carboxylic acids is 1. The molecule has 21 heavy (non-hydrogen) atoms. The Kier molecular flexibility index (Phi) is 5.14. The van der Waals surface area contributed by atoms with Crippen molar-refractivity contribution < 1.29 is 18.0 Å². The maximum atomic E-state index is 12.9. The quantitative estimate of drug-likeness (QED) is 0.830. The molecule has 2 rings (SSSR count). The topological polar surface area (TPSA) is 29.1 Å². The molecule has 0 heterocycles. The van der Waals surface area contributed by atoms with Gasteiger partial charge in [0.15, 0.2) is 0 Å². The van der Waals surface area contributed by atoms with Gasteiger partial charge in [-0.1, -0.05) is 25.0 Å². The molecule has 0 radical (unpaired) electrons. The van der Waals surface area contributed by atoms with E-state index in [-0.39, 0.29) is 16.9 Å². The van der Waals surface area contributed by atoms with Gasteiger partial charge in [0.2, 0.25) is 0 Å². The fourth-order valence-corrected chi connectivity index (χ4v) is 3.01. The lowest BCUT2D eigenvalue weighted by molar-refractivity contribution is -0.137. The van der Waals surface area contributed by atoms with Crippen LogP contribution in [0.3, 0.4) is 0 Å². The molecule has 1 amide bonds. The molecular weight excluding hydrogens is 303 g/mol. The smallest absolute Gasteiger partial charge is 0.352 e. The first-order valence-electron chi connectivity index (χ1n) is 6.98. The van der Waals surface area contributed by atoms with Crippen molar-refractivity contribution in [2.24, 2.45) is 5.92 Å². The second-order valence-corrected chi connectivity index (χ2v) is 5.87. The molecule has 2 unspecified atom stereocenters. The average Bonchev–Trinajstić information content (AvgIpc) is 2.45. The van der Waals surface area contributed by atoms with E-state index < -0.39 is 17.6 Å². The first kappa shape index (κ1) is 16.1. The molecule has 0 spiro atoms. The van der Waals surface area contributed by atoms with E-state index in [4.69, 9.17) is 11.6 Å². The van der Waals surface area contributed by atoms with E-state index in [1.54, 1.807) is 0 Å². The van der Waals surface area contributed by atoms with Crippen LogP contribution in [0.15, 0.2) is 24.3 Å². The van der Waals surface area contributed by atoms with Gasteiger partial charge in [-0.2, -0.15) is 13.2 Å². The normalized spacial score (nSPS) is 22.9. The zero-order valence-electron chi connectivity index (χ0n) is 11.4. The molecule has 116 valence electrons. The van der Waals surface area contributed by atoms with Gasteiger partial charge in [0.1, 0.15) is 0 Å². The molecule has 2 atom stereocenters. The second kappa shape index (κ2) is 6.69. The SMILES string of the molecule is O=C(NCC1CCCCC1Cl)c1ccccc1C(F)(F)F. The van der Waals surface area contributed by atoms with Crippen LogP contribution in [-0.4, -0.2) is 17.8 Å². The summed E-state index contributed by atoms with van der Waals surface area (Å²) in [4.78, 5) is 12.0. The van der Waals surface area contributed by atoms with Crippen molar-refractivity contribution in [2.75, 3.05) is 6.54 Å². The minimum atomic E-state index is -4.53. The molecule has 1 aromatic carbocycles. The highest BCUT2D eigenvalue weighted by molar-refractivity contribution is 6.20. The van der Waals surface area contributed by atoms with Crippen molar-refractivity contribution in [3.05, 3.63) is 35.4 Å². The van der Waals surface area contributed by atoms with Gasteiger partial charge in [-0.05, 0) is 30.9 Å². The van der Waals surface area contributed by atoms with E-state index in [9.17, 15) is 18.0 Å². The number of halogens is 4. The van der Waals surface area contributed by atoms with E-state index in [1.807, 2.05) is 0 Å². The predicted molar refractivity (Wildman–Crippen MR) is 75.4 cm³/mol. The largest absolute Gasteiger partial charge is 0.417 e. The Bertz CT molecular complexity index is 504. The molecule has 0 aromatic heterocycles. The second-order valence-electron chi connectivity index (χ2n) is 5.31. The van der Waals surface area contributed by atoms with Crippen LogP contribution in [0.1, 0.15) is 41.6 Å². The first-order valence-corrected chi connectivity index (χ1v) is 7.41. The standard InChI is InChI=1S/C15H17ClF3NO/c16-13-8-4-1-5-10(13)9-20-14(21)11-6-2-3-7-12(11)15(17,18)19/h2-3,6-7,10,13H,1,4-5,8-9H2,(H,20,21). The van der Waals surface area contributed by atoms with Crippen molar-refractivity contribution in [1.82, 2.24) is 5.32 Å². The van der Waals surface area contributed by atoms with Crippen LogP contribution in [0.5, 0.6) is 0 Å². The van der Waals surface area contributed by atoms with Gasteiger partial charge in [-0.3, -0.25) is 4.79 Å². The molecular formula is C15H17ClF3NO. The van der Waals surface area contributed by atoms with Crippen molar-refractivity contribution >= 4 is 17.5 Å². The van der Waals surface area contributed by atoms with Gasteiger partial charge in [-0.15, -0.1) is 11.6 Å². The number of hydrogen-bond acceptors (Lipinski definition) is 1. The first-order chi connectivity index (χ1) is 9.89. The maximum absolute atomic E-state index is 12.9. The molecule has 0 aliphatic heterocycles. The lowest BCUT2D eigenvalue weighted by atomic mass is 9.88. The van der Waals surface area contributed by atoms with Gasteiger partial charge in [-0.25, -0.2) is 0 Å². The van der Waals surface area contributed by atoms with Crippen molar-refractivity contribution in [3.63, 3.8) is 0 Å². The molecule has 1 aliphatic rings. The molecule has 0 saturated heterocycles. The summed E-state index contributed by atoms with van der Waals surface area (Å²) in [6.45, 7) is 0.319. The summed E-state index contributed by atoms with van der Waals surface area (Å²) < 4.78 is 38.6. The van der Waals surface area contributed by atoms with Crippen molar-refractivity contribution in [1.29, 1.82) is 0 Å². The Hall–Kier alpha value is -1.23. The Labute approximate surface area is 126 Å². The van der Waals surface area contributed by atoms with E-state index in [2.05, 4.69) is 5.32 Å². The Balaban J connectivity index is 2.04. The summed E-state index contributed by atoms with van der Waals surface area (Å²) in [7, 11) is 0. The number of amides is 1. The monoisotopic (exact) mass is 319 g/mol. The molecule has 6 heteroatoms. The number of benzene rings is 1. The highest BCUT2D eigenvalue weighted by atomic mass is 35.5. The van der Waals surface area contributed by atoms with Crippen LogP contribution >= 0.6 is 11.6 Å². The highest BCUT2D eigenvalue weighted by Gasteiger charge is 2.35. The molecule has 1 saturated carbocycles. The van der Waals surface area contributed by atoms with Gasteiger partial charge < -0.3 is 5.32 Å². The molecule has 2 nitrogen and oxygen atoms in total. The van der Waals surface area contributed by atoms with Crippen LogP contribution in [0.4, 0.5) is 13.2 Å². The summed E-state index contributed by atoms with van der Waals surface area (Å²) in [6.07, 6.45) is -0.636. The van der Waals surface area contributed by atoms with E-state index in [0.717, 1.165) is 31.7 Å². The molecule has 1 aromatic rings. The van der Waals surface area contributed by atoms with Crippen molar-refractivity contribution in [2.45, 2.75) is 37.2 Å². The van der Waals surface area contributed by atoms with Crippen molar-refractivity contribution in [3.8, 4) is 0 Å².